The SMILES string of the molecule is Cc1ccc(-n2c(-c3cc(F)c(S(N)(=O)=O)c(F)c3)csc2=O)cc1C#N. The van der Waals surface area contributed by atoms with E-state index in [0.717, 1.165) is 23.5 Å². The molecule has 1 aromatic heterocycles. The van der Waals surface area contributed by atoms with Crippen molar-refractivity contribution in [3.8, 4) is 23.0 Å². The molecule has 138 valence electrons. The predicted molar refractivity (Wildman–Crippen MR) is 96.1 cm³/mol. The number of sulfonamides is 1. The van der Waals surface area contributed by atoms with E-state index in [9.17, 15) is 27.3 Å². The quantitative estimate of drug-likeness (QED) is 0.720. The summed E-state index contributed by atoms with van der Waals surface area (Å²) in [6.07, 6.45) is 0. The van der Waals surface area contributed by atoms with Gasteiger partial charge in [0.05, 0.1) is 23.0 Å². The monoisotopic (exact) mass is 407 g/mol. The van der Waals surface area contributed by atoms with Crippen molar-refractivity contribution in [1.82, 2.24) is 4.57 Å². The fourth-order valence-corrected chi connectivity index (χ4v) is 4.03. The van der Waals surface area contributed by atoms with Gasteiger partial charge in [0, 0.05) is 10.9 Å². The Kier molecular flexibility index (Phi) is 4.69. The van der Waals surface area contributed by atoms with Gasteiger partial charge in [0.15, 0.2) is 4.90 Å². The molecule has 3 rings (SSSR count). The minimum Gasteiger partial charge on any atom is -0.267 e. The second-order valence-corrected chi connectivity index (χ2v) is 7.97. The zero-order valence-electron chi connectivity index (χ0n) is 13.7. The Hall–Kier alpha value is -2.87. The van der Waals surface area contributed by atoms with Crippen molar-refractivity contribution in [3.63, 3.8) is 0 Å². The maximum atomic E-state index is 14.2. The number of primary sulfonamides is 1. The van der Waals surface area contributed by atoms with E-state index in [1.165, 1.54) is 16.0 Å². The number of nitriles is 1. The van der Waals surface area contributed by atoms with Crippen LogP contribution in [-0.4, -0.2) is 13.0 Å². The number of thiazole rings is 1. The average molecular weight is 407 g/mol. The van der Waals surface area contributed by atoms with Crippen LogP contribution in [0.3, 0.4) is 0 Å². The molecule has 0 fully saturated rings. The van der Waals surface area contributed by atoms with E-state index in [0.29, 0.717) is 16.8 Å². The first-order chi connectivity index (χ1) is 12.6. The number of benzene rings is 2. The first-order valence-corrected chi connectivity index (χ1v) is 9.80. The molecule has 0 unspecified atom stereocenters. The fourth-order valence-electron chi connectivity index (χ4n) is 2.60. The molecule has 2 N–H and O–H groups in total. The molecule has 0 aliphatic rings. The van der Waals surface area contributed by atoms with E-state index in [1.807, 2.05) is 6.07 Å². The van der Waals surface area contributed by atoms with Crippen molar-refractivity contribution in [2.45, 2.75) is 11.8 Å². The van der Waals surface area contributed by atoms with E-state index in [4.69, 9.17) is 5.14 Å². The van der Waals surface area contributed by atoms with Gasteiger partial charge < -0.3 is 0 Å². The normalized spacial score (nSPS) is 11.4. The number of halogens is 2. The summed E-state index contributed by atoms with van der Waals surface area (Å²) in [5.74, 6) is -2.72. The van der Waals surface area contributed by atoms with Gasteiger partial charge in [-0.15, -0.1) is 0 Å². The molecule has 0 bridgehead atoms. The van der Waals surface area contributed by atoms with Gasteiger partial charge in [-0.2, -0.15) is 5.26 Å². The standard InChI is InChI=1S/C17H11F2N3O3S2/c1-9-2-3-12(4-11(9)7-20)22-15(8-26-17(22)23)10-5-13(18)16(14(19)6-10)27(21,24)25/h2-6,8H,1H3,(H2,21,24,25). The number of rotatable bonds is 3. The topological polar surface area (TPSA) is 106 Å². The largest absolute Gasteiger partial charge is 0.312 e. The van der Waals surface area contributed by atoms with Crippen molar-refractivity contribution in [3.05, 3.63) is 68.1 Å². The highest BCUT2D eigenvalue weighted by atomic mass is 32.2. The van der Waals surface area contributed by atoms with Crippen LogP contribution in [0.5, 0.6) is 0 Å². The van der Waals surface area contributed by atoms with Crippen LogP contribution in [0.25, 0.3) is 16.9 Å². The smallest absolute Gasteiger partial charge is 0.267 e. The van der Waals surface area contributed by atoms with Crippen LogP contribution in [0.15, 0.2) is 45.4 Å². The number of aromatic nitrogens is 1. The number of hydrogen-bond donors (Lipinski definition) is 1. The third kappa shape index (κ3) is 3.40. The first-order valence-electron chi connectivity index (χ1n) is 7.37. The van der Waals surface area contributed by atoms with Crippen molar-refractivity contribution >= 4 is 21.4 Å². The predicted octanol–water partition coefficient (Wildman–Crippen LogP) is 2.67. The molecule has 0 spiro atoms. The van der Waals surface area contributed by atoms with Gasteiger partial charge in [-0.1, -0.05) is 17.4 Å². The van der Waals surface area contributed by atoms with Crippen LogP contribution in [0.2, 0.25) is 0 Å². The lowest BCUT2D eigenvalue weighted by atomic mass is 10.1. The van der Waals surface area contributed by atoms with E-state index >= 15 is 0 Å². The van der Waals surface area contributed by atoms with Gasteiger partial charge in [0.25, 0.3) is 0 Å². The molecule has 27 heavy (non-hydrogen) atoms. The summed E-state index contributed by atoms with van der Waals surface area (Å²) in [6.45, 7) is 1.73. The second kappa shape index (κ2) is 6.70. The van der Waals surface area contributed by atoms with Gasteiger partial charge in [-0.25, -0.2) is 22.3 Å². The molecular formula is C17H11F2N3O3S2. The Morgan fingerprint density at radius 1 is 1.19 bits per heavy atom. The minimum atomic E-state index is -4.59. The maximum absolute atomic E-state index is 14.2. The molecule has 0 saturated heterocycles. The van der Waals surface area contributed by atoms with Gasteiger partial charge in [0.1, 0.15) is 11.6 Å². The molecule has 0 saturated carbocycles. The minimum absolute atomic E-state index is 0.0465. The van der Waals surface area contributed by atoms with Crippen LogP contribution in [0, 0.1) is 29.9 Å². The van der Waals surface area contributed by atoms with E-state index in [2.05, 4.69) is 0 Å². The summed E-state index contributed by atoms with van der Waals surface area (Å²) in [5.41, 5.74) is 1.50. The third-order valence-electron chi connectivity index (χ3n) is 3.87. The van der Waals surface area contributed by atoms with Crippen LogP contribution >= 0.6 is 11.3 Å². The Morgan fingerprint density at radius 2 is 1.81 bits per heavy atom. The highest BCUT2D eigenvalue weighted by Crippen LogP contribution is 2.29. The summed E-state index contributed by atoms with van der Waals surface area (Å²) in [4.78, 5) is 10.6. The number of hydrogen-bond acceptors (Lipinski definition) is 5. The summed E-state index contributed by atoms with van der Waals surface area (Å²) >= 11 is 0.796. The third-order valence-corrected chi connectivity index (χ3v) is 5.56. The Labute approximate surface area is 156 Å². The van der Waals surface area contributed by atoms with Gasteiger partial charge in [-0.3, -0.25) is 9.36 Å². The van der Waals surface area contributed by atoms with Crippen molar-refractivity contribution in [1.29, 1.82) is 5.26 Å². The lowest BCUT2D eigenvalue weighted by Crippen LogP contribution is -2.17. The molecule has 2 aromatic carbocycles. The average Bonchev–Trinajstić information content (AvgIpc) is 2.95. The lowest BCUT2D eigenvalue weighted by Gasteiger charge is -2.11. The van der Waals surface area contributed by atoms with E-state index < -0.39 is 31.4 Å². The molecule has 0 radical (unpaired) electrons. The van der Waals surface area contributed by atoms with E-state index in [1.54, 1.807) is 19.1 Å². The molecule has 10 heteroatoms. The molecule has 0 amide bonds. The van der Waals surface area contributed by atoms with Crippen LogP contribution < -0.4 is 10.0 Å². The van der Waals surface area contributed by atoms with Crippen molar-refractivity contribution < 1.29 is 17.2 Å². The summed E-state index contributed by atoms with van der Waals surface area (Å²) in [5, 5.41) is 15.4. The first kappa shape index (κ1) is 18.9. The van der Waals surface area contributed by atoms with Crippen molar-refractivity contribution in [2.24, 2.45) is 5.14 Å². The number of aryl methyl sites for hydroxylation is 1. The Morgan fingerprint density at radius 3 is 2.37 bits per heavy atom. The van der Waals surface area contributed by atoms with Crippen LogP contribution in [0.1, 0.15) is 11.1 Å². The van der Waals surface area contributed by atoms with Gasteiger partial charge in [-0.05, 0) is 36.8 Å². The highest BCUT2D eigenvalue weighted by Gasteiger charge is 2.23. The van der Waals surface area contributed by atoms with Gasteiger partial charge >= 0.3 is 4.87 Å². The zero-order valence-corrected chi connectivity index (χ0v) is 15.4. The maximum Gasteiger partial charge on any atom is 0.312 e. The molecule has 6 nitrogen and oxygen atoms in total. The summed E-state index contributed by atoms with van der Waals surface area (Å²) in [7, 11) is -4.59. The molecule has 0 aliphatic heterocycles. The summed E-state index contributed by atoms with van der Waals surface area (Å²) < 4.78 is 52.2. The molecule has 3 aromatic rings. The molecule has 0 aliphatic carbocycles. The number of nitrogens with two attached hydrogens (primary N) is 1. The fraction of sp³-hybridized carbons (Fsp3) is 0.0588. The zero-order chi connectivity index (χ0) is 19.9. The second-order valence-electron chi connectivity index (χ2n) is 5.65. The Balaban J connectivity index is 2.25. The molecule has 1 heterocycles. The van der Waals surface area contributed by atoms with Crippen LogP contribution in [0.4, 0.5) is 8.78 Å². The Bertz CT molecular complexity index is 1250. The molecular weight excluding hydrogens is 396 g/mol. The summed E-state index contributed by atoms with van der Waals surface area (Å²) in [6, 6.07) is 8.32. The van der Waals surface area contributed by atoms with Crippen LogP contribution in [-0.2, 0) is 10.0 Å². The number of nitrogens with zero attached hydrogens (tertiary/aromatic N) is 2. The van der Waals surface area contributed by atoms with E-state index in [-0.39, 0.29) is 11.3 Å². The lowest BCUT2D eigenvalue weighted by molar-refractivity contribution is 0.520. The molecule has 0 atom stereocenters. The van der Waals surface area contributed by atoms with Crippen molar-refractivity contribution in [2.75, 3.05) is 0 Å². The van der Waals surface area contributed by atoms with Gasteiger partial charge in [0.2, 0.25) is 10.0 Å². The highest BCUT2D eigenvalue weighted by molar-refractivity contribution is 7.89.